The van der Waals surface area contributed by atoms with Crippen LogP contribution in [0.2, 0.25) is 0 Å². The minimum absolute atomic E-state index is 0.255. The van der Waals surface area contributed by atoms with E-state index in [4.69, 9.17) is 5.11 Å². The predicted molar refractivity (Wildman–Crippen MR) is 41.5 cm³/mol. The first kappa shape index (κ1) is 9.88. The average Bonchev–Trinajstić information content (AvgIpc) is 2.08. The molecule has 0 aromatic rings. The van der Waals surface area contributed by atoms with E-state index in [9.17, 15) is 15.3 Å². The zero-order valence-corrected chi connectivity index (χ0v) is 6.88. The molecule has 1 rings (SSSR count). The molecule has 0 aromatic heterocycles. The maximum absolute atomic E-state index is 9.29. The third-order valence-electron chi connectivity index (χ3n) is 2.30. The third kappa shape index (κ3) is 1.60. The van der Waals surface area contributed by atoms with Crippen LogP contribution in [0, 0.1) is 0 Å². The summed E-state index contributed by atoms with van der Waals surface area (Å²) in [6.45, 7) is 1.43. The Hall–Kier alpha value is -0.200. The van der Waals surface area contributed by atoms with Crippen LogP contribution in [0.4, 0.5) is 0 Å². The summed E-state index contributed by atoms with van der Waals surface area (Å²) in [5.41, 5.74) is 0. The summed E-state index contributed by atoms with van der Waals surface area (Å²) >= 11 is 0. The number of hydrogen-bond donors (Lipinski definition) is 5. The summed E-state index contributed by atoms with van der Waals surface area (Å²) in [6.07, 6.45) is -3.28. The van der Waals surface area contributed by atoms with Crippen LogP contribution in [-0.4, -0.2) is 57.4 Å². The summed E-state index contributed by atoms with van der Waals surface area (Å²) in [7, 11) is 0. The van der Waals surface area contributed by atoms with E-state index < -0.39 is 24.4 Å². The van der Waals surface area contributed by atoms with Gasteiger partial charge in [-0.15, -0.1) is 0 Å². The van der Waals surface area contributed by atoms with Crippen molar-refractivity contribution in [3.8, 4) is 0 Å². The topological polar surface area (TPSA) is 93.0 Å². The van der Waals surface area contributed by atoms with Crippen LogP contribution >= 0.6 is 0 Å². The lowest BCUT2D eigenvalue weighted by atomic mass is 9.91. The second kappa shape index (κ2) is 3.68. The molecule has 0 saturated carbocycles. The Morgan fingerprint density at radius 3 is 2.17 bits per heavy atom. The Kier molecular flexibility index (Phi) is 3.03. The molecule has 1 saturated heterocycles. The highest BCUT2D eigenvalue weighted by atomic mass is 16.4. The Morgan fingerprint density at radius 2 is 1.67 bits per heavy atom. The largest absolute Gasteiger partial charge is 0.395 e. The molecule has 1 heterocycles. The molecular formula is C7H15NO4. The van der Waals surface area contributed by atoms with Crippen molar-refractivity contribution in [2.75, 3.05) is 6.61 Å². The standard InChI is InChI=1S/C7H15NO4/c1-3-5(10)7(12)6(11)4(2-9)8-3/h3-12H,2H2,1H3/t3?,4-,5+,6-,7-/m1/s1. The number of piperidine rings is 1. The van der Waals surface area contributed by atoms with E-state index in [1.165, 1.54) is 0 Å². The van der Waals surface area contributed by atoms with Crippen molar-refractivity contribution >= 4 is 0 Å². The minimum Gasteiger partial charge on any atom is -0.395 e. The van der Waals surface area contributed by atoms with Gasteiger partial charge in [-0.3, -0.25) is 0 Å². The van der Waals surface area contributed by atoms with E-state index >= 15 is 0 Å². The van der Waals surface area contributed by atoms with Gasteiger partial charge in [-0.05, 0) is 6.92 Å². The molecule has 12 heavy (non-hydrogen) atoms. The van der Waals surface area contributed by atoms with Gasteiger partial charge in [-0.25, -0.2) is 0 Å². The lowest BCUT2D eigenvalue weighted by Gasteiger charge is -2.39. The molecule has 1 unspecified atom stereocenters. The maximum atomic E-state index is 9.29. The van der Waals surface area contributed by atoms with E-state index in [0.717, 1.165) is 0 Å². The first-order chi connectivity index (χ1) is 5.57. The molecule has 72 valence electrons. The molecule has 5 nitrogen and oxygen atoms in total. The summed E-state index contributed by atoms with van der Waals surface area (Å²) in [5, 5.41) is 39.4. The van der Waals surface area contributed by atoms with Gasteiger partial charge in [0.15, 0.2) is 0 Å². The summed E-state index contributed by atoms with van der Waals surface area (Å²) in [4.78, 5) is 0. The fourth-order valence-electron chi connectivity index (χ4n) is 1.43. The SMILES string of the molecule is CC1N[C@H](CO)[C@@H](O)[C@H](O)[C@H]1O. The van der Waals surface area contributed by atoms with Gasteiger partial charge >= 0.3 is 0 Å². The lowest BCUT2D eigenvalue weighted by Crippen LogP contribution is -2.64. The summed E-state index contributed by atoms with van der Waals surface area (Å²) in [6, 6.07) is -0.876. The van der Waals surface area contributed by atoms with Crippen LogP contribution in [0.3, 0.4) is 0 Å². The Morgan fingerprint density at radius 1 is 1.08 bits per heavy atom. The normalized spacial score (nSPS) is 49.2. The van der Waals surface area contributed by atoms with Gasteiger partial charge in [-0.1, -0.05) is 0 Å². The highest BCUT2D eigenvalue weighted by molar-refractivity contribution is 4.96. The molecule has 0 amide bonds. The van der Waals surface area contributed by atoms with E-state index in [2.05, 4.69) is 5.32 Å². The highest BCUT2D eigenvalue weighted by Crippen LogP contribution is 2.14. The van der Waals surface area contributed by atoms with Crippen molar-refractivity contribution < 1.29 is 20.4 Å². The molecule has 0 aromatic carbocycles. The quantitative estimate of drug-likeness (QED) is 0.303. The number of aliphatic hydroxyl groups is 4. The van der Waals surface area contributed by atoms with E-state index in [-0.39, 0.29) is 12.6 Å². The van der Waals surface area contributed by atoms with E-state index in [1.54, 1.807) is 6.92 Å². The Balaban J connectivity index is 2.63. The first-order valence-corrected chi connectivity index (χ1v) is 3.99. The summed E-state index contributed by atoms with van der Waals surface area (Å²) < 4.78 is 0. The van der Waals surface area contributed by atoms with Crippen molar-refractivity contribution in [2.45, 2.75) is 37.3 Å². The molecule has 0 spiro atoms. The first-order valence-electron chi connectivity index (χ1n) is 3.99. The smallest absolute Gasteiger partial charge is 0.109 e. The van der Waals surface area contributed by atoms with Gasteiger partial charge in [0, 0.05) is 6.04 Å². The third-order valence-corrected chi connectivity index (χ3v) is 2.30. The minimum atomic E-state index is -1.18. The monoisotopic (exact) mass is 177 g/mol. The van der Waals surface area contributed by atoms with Crippen LogP contribution in [0.25, 0.3) is 0 Å². The molecule has 5 atom stereocenters. The van der Waals surface area contributed by atoms with Gasteiger partial charge in [0.05, 0.1) is 24.9 Å². The second-order valence-corrected chi connectivity index (χ2v) is 3.22. The van der Waals surface area contributed by atoms with Gasteiger partial charge in [-0.2, -0.15) is 0 Å². The van der Waals surface area contributed by atoms with Crippen LogP contribution in [0.5, 0.6) is 0 Å². The molecule has 5 heteroatoms. The van der Waals surface area contributed by atoms with Gasteiger partial charge in [0.25, 0.3) is 0 Å². The van der Waals surface area contributed by atoms with Crippen LogP contribution in [-0.2, 0) is 0 Å². The Labute approximate surface area is 70.6 Å². The van der Waals surface area contributed by atoms with Crippen molar-refractivity contribution in [2.24, 2.45) is 0 Å². The zero-order chi connectivity index (χ0) is 9.30. The fourth-order valence-corrected chi connectivity index (χ4v) is 1.43. The Bertz CT molecular complexity index is 150. The van der Waals surface area contributed by atoms with Crippen molar-refractivity contribution in [3.05, 3.63) is 0 Å². The van der Waals surface area contributed by atoms with Gasteiger partial charge < -0.3 is 25.7 Å². The highest BCUT2D eigenvalue weighted by Gasteiger charge is 2.39. The van der Waals surface area contributed by atoms with Crippen LogP contribution < -0.4 is 5.32 Å². The van der Waals surface area contributed by atoms with E-state index in [0.29, 0.717) is 0 Å². The molecule has 0 aliphatic carbocycles. The number of nitrogens with one attached hydrogen (secondary N) is 1. The van der Waals surface area contributed by atoms with Crippen LogP contribution in [0.15, 0.2) is 0 Å². The number of rotatable bonds is 1. The van der Waals surface area contributed by atoms with Gasteiger partial charge in [0.1, 0.15) is 6.10 Å². The molecule has 5 N–H and O–H groups in total. The van der Waals surface area contributed by atoms with E-state index in [1.807, 2.05) is 0 Å². The number of aliphatic hydroxyl groups excluding tert-OH is 4. The summed E-state index contributed by atoms with van der Waals surface area (Å²) in [5.74, 6) is 0. The predicted octanol–water partition coefficient (Wildman–Crippen LogP) is -2.58. The van der Waals surface area contributed by atoms with Gasteiger partial charge in [0.2, 0.25) is 0 Å². The average molecular weight is 177 g/mol. The fraction of sp³-hybridized carbons (Fsp3) is 1.00. The van der Waals surface area contributed by atoms with Crippen molar-refractivity contribution in [3.63, 3.8) is 0 Å². The van der Waals surface area contributed by atoms with Crippen LogP contribution in [0.1, 0.15) is 6.92 Å². The molecule has 1 fully saturated rings. The van der Waals surface area contributed by atoms with Crippen molar-refractivity contribution in [1.82, 2.24) is 5.32 Å². The molecule has 0 bridgehead atoms. The number of hydrogen-bond acceptors (Lipinski definition) is 5. The molecule has 1 aliphatic rings. The molecular weight excluding hydrogens is 162 g/mol. The maximum Gasteiger partial charge on any atom is 0.109 e. The second-order valence-electron chi connectivity index (χ2n) is 3.22. The van der Waals surface area contributed by atoms with Crippen molar-refractivity contribution in [1.29, 1.82) is 0 Å². The molecule has 0 radical (unpaired) electrons. The lowest BCUT2D eigenvalue weighted by molar-refractivity contribution is -0.116. The molecule has 1 aliphatic heterocycles. The zero-order valence-electron chi connectivity index (χ0n) is 6.88.